The molecule has 0 aliphatic rings. The minimum Gasteiger partial charge on any atom is -0.228 e. The standard InChI is InChI=1S/C16H10BrClN2/c17-13-8-4-7-12(9-13)16-19-14(10-15(18)20-16)11-5-2-1-3-6-11/h1-10H. The van der Waals surface area contributed by atoms with Gasteiger partial charge >= 0.3 is 0 Å². The predicted molar refractivity (Wildman–Crippen MR) is 85.6 cm³/mol. The van der Waals surface area contributed by atoms with E-state index in [0.717, 1.165) is 21.3 Å². The van der Waals surface area contributed by atoms with Gasteiger partial charge < -0.3 is 0 Å². The maximum atomic E-state index is 6.13. The lowest BCUT2D eigenvalue weighted by atomic mass is 10.1. The fourth-order valence-corrected chi connectivity index (χ4v) is 2.51. The molecule has 2 aromatic carbocycles. The molecule has 0 unspecified atom stereocenters. The minimum atomic E-state index is 0.439. The van der Waals surface area contributed by atoms with Crippen molar-refractivity contribution < 1.29 is 0 Å². The van der Waals surface area contributed by atoms with Crippen LogP contribution in [-0.4, -0.2) is 9.97 Å². The van der Waals surface area contributed by atoms with E-state index in [-0.39, 0.29) is 0 Å². The second-order valence-electron chi connectivity index (χ2n) is 4.28. The Morgan fingerprint density at radius 1 is 0.800 bits per heavy atom. The number of benzene rings is 2. The Morgan fingerprint density at radius 3 is 2.30 bits per heavy atom. The highest BCUT2D eigenvalue weighted by molar-refractivity contribution is 9.10. The van der Waals surface area contributed by atoms with E-state index in [1.807, 2.05) is 54.6 Å². The maximum Gasteiger partial charge on any atom is 0.161 e. The highest BCUT2D eigenvalue weighted by atomic mass is 79.9. The number of rotatable bonds is 2. The normalized spacial score (nSPS) is 10.5. The Labute approximate surface area is 130 Å². The van der Waals surface area contributed by atoms with E-state index in [2.05, 4.69) is 25.9 Å². The fraction of sp³-hybridized carbons (Fsp3) is 0. The van der Waals surface area contributed by atoms with Crippen molar-refractivity contribution in [2.45, 2.75) is 0 Å². The molecule has 98 valence electrons. The molecule has 0 aliphatic carbocycles. The van der Waals surface area contributed by atoms with Crippen LogP contribution in [0.2, 0.25) is 5.15 Å². The molecular weight excluding hydrogens is 336 g/mol. The van der Waals surface area contributed by atoms with Gasteiger partial charge in [0.15, 0.2) is 5.82 Å². The Hall–Kier alpha value is -1.71. The average Bonchev–Trinajstić information content (AvgIpc) is 2.47. The smallest absolute Gasteiger partial charge is 0.161 e. The molecule has 4 heteroatoms. The Bertz CT molecular complexity index is 744. The van der Waals surface area contributed by atoms with Gasteiger partial charge in [-0.25, -0.2) is 9.97 Å². The molecule has 0 spiro atoms. The summed E-state index contributed by atoms with van der Waals surface area (Å²) in [6.45, 7) is 0. The van der Waals surface area contributed by atoms with Gasteiger partial charge in [-0.2, -0.15) is 0 Å². The Kier molecular flexibility index (Phi) is 3.81. The van der Waals surface area contributed by atoms with Gasteiger partial charge in [-0.3, -0.25) is 0 Å². The first-order valence-electron chi connectivity index (χ1n) is 6.08. The number of halogens is 2. The van der Waals surface area contributed by atoms with Gasteiger partial charge in [0.05, 0.1) is 5.69 Å². The monoisotopic (exact) mass is 344 g/mol. The van der Waals surface area contributed by atoms with Crippen LogP contribution in [-0.2, 0) is 0 Å². The van der Waals surface area contributed by atoms with Gasteiger partial charge in [-0.15, -0.1) is 0 Å². The fourth-order valence-electron chi connectivity index (χ4n) is 1.93. The van der Waals surface area contributed by atoms with Crippen LogP contribution < -0.4 is 0 Å². The molecule has 3 aromatic rings. The van der Waals surface area contributed by atoms with Crippen LogP contribution in [0.1, 0.15) is 0 Å². The molecule has 0 atom stereocenters. The molecule has 0 aliphatic heterocycles. The number of hydrogen-bond donors (Lipinski definition) is 0. The largest absolute Gasteiger partial charge is 0.228 e. The van der Waals surface area contributed by atoms with Crippen LogP contribution in [0, 0.1) is 0 Å². The van der Waals surface area contributed by atoms with Crippen molar-refractivity contribution in [2.75, 3.05) is 0 Å². The molecule has 0 radical (unpaired) electrons. The van der Waals surface area contributed by atoms with Crippen molar-refractivity contribution in [3.05, 3.63) is 70.3 Å². The molecule has 0 saturated carbocycles. The van der Waals surface area contributed by atoms with E-state index < -0.39 is 0 Å². The summed E-state index contributed by atoms with van der Waals surface area (Å²) in [5.74, 6) is 0.623. The summed E-state index contributed by atoms with van der Waals surface area (Å²) >= 11 is 9.58. The Morgan fingerprint density at radius 2 is 1.55 bits per heavy atom. The van der Waals surface area contributed by atoms with Crippen LogP contribution in [0.5, 0.6) is 0 Å². The zero-order valence-electron chi connectivity index (χ0n) is 10.4. The van der Waals surface area contributed by atoms with E-state index in [9.17, 15) is 0 Å². The SMILES string of the molecule is Clc1cc(-c2ccccc2)nc(-c2cccc(Br)c2)n1. The first-order valence-corrected chi connectivity index (χ1v) is 7.25. The summed E-state index contributed by atoms with van der Waals surface area (Å²) in [6, 6.07) is 19.6. The third-order valence-electron chi connectivity index (χ3n) is 2.85. The lowest BCUT2D eigenvalue weighted by Crippen LogP contribution is -1.93. The lowest BCUT2D eigenvalue weighted by molar-refractivity contribution is 1.18. The van der Waals surface area contributed by atoms with Gasteiger partial charge in [0.25, 0.3) is 0 Å². The van der Waals surface area contributed by atoms with Gasteiger partial charge in [0, 0.05) is 21.7 Å². The van der Waals surface area contributed by atoms with Crippen LogP contribution in [0.3, 0.4) is 0 Å². The van der Waals surface area contributed by atoms with Gasteiger partial charge in [0.1, 0.15) is 5.15 Å². The molecule has 0 bridgehead atoms. The molecule has 0 fully saturated rings. The molecule has 3 rings (SSSR count). The summed E-state index contributed by atoms with van der Waals surface area (Å²) in [5.41, 5.74) is 2.77. The van der Waals surface area contributed by atoms with Crippen molar-refractivity contribution in [3.63, 3.8) is 0 Å². The summed E-state index contributed by atoms with van der Waals surface area (Å²) in [5, 5.41) is 0.439. The van der Waals surface area contributed by atoms with E-state index in [0.29, 0.717) is 11.0 Å². The number of nitrogens with zero attached hydrogens (tertiary/aromatic N) is 2. The molecule has 0 N–H and O–H groups in total. The van der Waals surface area contributed by atoms with Crippen LogP contribution in [0.4, 0.5) is 0 Å². The van der Waals surface area contributed by atoms with E-state index >= 15 is 0 Å². The van der Waals surface area contributed by atoms with Crippen LogP contribution >= 0.6 is 27.5 Å². The van der Waals surface area contributed by atoms with Crippen molar-refractivity contribution in [1.82, 2.24) is 9.97 Å². The second-order valence-corrected chi connectivity index (χ2v) is 5.58. The van der Waals surface area contributed by atoms with Crippen molar-refractivity contribution in [1.29, 1.82) is 0 Å². The first kappa shape index (κ1) is 13.3. The van der Waals surface area contributed by atoms with Crippen molar-refractivity contribution >= 4 is 27.5 Å². The Balaban J connectivity index is 2.12. The summed E-state index contributed by atoms with van der Waals surface area (Å²) in [4.78, 5) is 8.90. The zero-order chi connectivity index (χ0) is 13.9. The van der Waals surface area contributed by atoms with Crippen LogP contribution in [0.25, 0.3) is 22.6 Å². The third kappa shape index (κ3) is 2.89. The predicted octanol–water partition coefficient (Wildman–Crippen LogP) is 5.23. The summed E-state index contributed by atoms with van der Waals surface area (Å²) < 4.78 is 0.986. The molecule has 20 heavy (non-hydrogen) atoms. The molecule has 1 heterocycles. The molecular formula is C16H10BrClN2. The summed E-state index contributed by atoms with van der Waals surface area (Å²) in [7, 11) is 0. The van der Waals surface area contributed by atoms with Gasteiger partial charge in [-0.1, -0.05) is 70.0 Å². The van der Waals surface area contributed by atoms with Crippen molar-refractivity contribution in [2.24, 2.45) is 0 Å². The van der Waals surface area contributed by atoms with E-state index in [4.69, 9.17) is 11.6 Å². The van der Waals surface area contributed by atoms with Gasteiger partial charge in [-0.05, 0) is 12.1 Å². The quantitative estimate of drug-likeness (QED) is 0.595. The lowest BCUT2D eigenvalue weighted by Gasteiger charge is -2.06. The summed E-state index contributed by atoms with van der Waals surface area (Å²) in [6.07, 6.45) is 0. The highest BCUT2D eigenvalue weighted by Gasteiger charge is 2.07. The van der Waals surface area contributed by atoms with E-state index in [1.54, 1.807) is 6.07 Å². The second kappa shape index (κ2) is 5.73. The molecule has 0 amide bonds. The number of aromatic nitrogens is 2. The van der Waals surface area contributed by atoms with Crippen molar-refractivity contribution in [3.8, 4) is 22.6 Å². The third-order valence-corrected chi connectivity index (χ3v) is 3.53. The minimum absolute atomic E-state index is 0.439. The van der Waals surface area contributed by atoms with Crippen LogP contribution in [0.15, 0.2) is 65.1 Å². The first-order chi connectivity index (χ1) is 9.72. The molecule has 1 aromatic heterocycles. The highest BCUT2D eigenvalue weighted by Crippen LogP contribution is 2.25. The molecule has 0 saturated heterocycles. The molecule has 2 nitrogen and oxygen atoms in total. The number of hydrogen-bond acceptors (Lipinski definition) is 2. The maximum absolute atomic E-state index is 6.13. The zero-order valence-corrected chi connectivity index (χ0v) is 12.8. The average molecular weight is 346 g/mol. The topological polar surface area (TPSA) is 25.8 Å². The van der Waals surface area contributed by atoms with E-state index in [1.165, 1.54) is 0 Å². The van der Waals surface area contributed by atoms with Gasteiger partial charge in [0.2, 0.25) is 0 Å².